The first kappa shape index (κ1) is 14.5. The molecule has 1 heterocycles. The molecule has 0 saturated carbocycles. The number of methoxy groups -OCH3 is 1. The number of carbonyl (C=O) groups is 1. The second kappa shape index (κ2) is 6.06. The zero-order valence-corrected chi connectivity index (χ0v) is 15.1. The van der Waals surface area contributed by atoms with Crippen LogP contribution in [0.2, 0.25) is 0 Å². The minimum absolute atomic E-state index is 0.133. The quantitative estimate of drug-likeness (QED) is 0.382. The van der Waals surface area contributed by atoms with Gasteiger partial charge in [0, 0.05) is 0 Å². The lowest BCUT2D eigenvalue weighted by molar-refractivity contribution is -0.115. The molecule has 7 heteroatoms. The van der Waals surface area contributed by atoms with E-state index in [1.807, 2.05) is 18.2 Å². The molecule has 94 valence electrons. The van der Waals surface area contributed by atoms with Gasteiger partial charge in [-0.25, -0.2) is 0 Å². The molecule has 1 aliphatic rings. The van der Waals surface area contributed by atoms with E-state index in [9.17, 15) is 4.79 Å². The lowest BCUT2D eigenvalue weighted by Crippen LogP contribution is -2.17. The first-order valence-corrected chi connectivity index (χ1v) is 8.17. The molecule has 0 aromatic heterocycles. The number of thioether (sulfide) groups is 1. The van der Waals surface area contributed by atoms with Crippen molar-refractivity contribution in [3.63, 3.8) is 0 Å². The summed E-state index contributed by atoms with van der Waals surface area (Å²) in [5.41, 5.74) is 0.965. The van der Waals surface area contributed by atoms with Crippen molar-refractivity contribution in [1.29, 1.82) is 0 Å². The van der Waals surface area contributed by atoms with E-state index in [1.165, 1.54) is 11.8 Å². The van der Waals surface area contributed by atoms with Gasteiger partial charge in [0.2, 0.25) is 0 Å². The SMILES string of the molecule is COc1c(I)cc(/C=C2/SC(=S)NC2=O)cc1I. The Hall–Kier alpha value is 0.130. The normalized spacial score (nSPS) is 17.2. The zero-order chi connectivity index (χ0) is 13.3. The largest absolute Gasteiger partial charge is 0.495 e. The van der Waals surface area contributed by atoms with Gasteiger partial charge in [0.1, 0.15) is 10.1 Å². The third kappa shape index (κ3) is 3.17. The topological polar surface area (TPSA) is 38.3 Å². The van der Waals surface area contributed by atoms with Crippen LogP contribution in [0, 0.1) is 7.14 Å². The third-order valence-electron chi connectivity index (χ3n) is 2.16. The molecule has 1 amide bonds. The van der Waals surface area contributed by atoms with Crippen LogP contribution in [0.4, 0.5) is 0 Å². The van der Waals surface area contributed by atoms with Gasteiger partial charge in [0.05, 0.1) is 19.2 Å². The highest BCUT2D eigenvalue weighted by Gasteiger charge is 2.22. The molecule has 1 fully saturated rings. The van der Waals surface area contributed by atoms with Crippen molar-refractivity contribution in [3.05, 3.63) is 29.7 Å². The maximum Gasteiger partial charge on any atom is 0.263 e. The number of benzene rings is 1. The fourth-order valence-corrected chi connectivity index (χ4v) is 4.73. The fraction of sp³-hybridized carbons (Fsp3) is 0.0909. The summed E-state index contributed by atoms with van der Waals surface area (Å²) in [4.78, 5) is 12.2. The molecule has 0 radical (unpaired) electrons. The van der Waals surface area contributed by atoms with Gasteiger partial charge in [-0.1, -0.05) is 24.0 Å². The molecule has 0 unspecified atom stereocenters. The molecular formula is C11H7I2NO2S2. The molecule has 1 aromatic carbocycles. The first-order chi connectivity index (χ1) is 8.51. The number of ether oxygens (including phenoxy) is 1. The number of nitrogens with one attached hydrogen (secondary N) is 1. The Morgan fingerprint density at radius 3 is 2.44 bits per heavy atom. The van der Waals surface area contributed by atoms with Crippen LogP contribution in [0.25, 0.3) is 6.08 Å². The Labute approximate surface area is 141 Å². The van der Waals surface area contributed by atoms with E-state index >= 15 is 0 Å². The lowest BCUT2D eigenvalue weighted by Gasteiger charge is -2.07. The summed E-state index contributed by atoms with van der Waals surface area (Å²) >= 11 is 10.7. The maximum atomic E-state index is 11.6. The van der Waals surface area contributed by atoms with E-state index < -0.39 is 0 Å². The van der Waals surface area contributed by atoms with Gasteiger partial charge >= 0.3 is 0 Å². The summed E-state index contributed by atoms with van der Waals surface area (Å²) in [5.74, 6) is 0.725. The molecule has 1 N–H and O–H groups in total. The number of thiocarbonyl (C=S) groups is 1. The number of halogens is 2. The Balaban J connectivity index is 2.39. The highest BCUT2D eigenvalue weighted by atomic mass is 127. The molecule has 0 spiro atoms. The maximum absolute atomic E-state index is 11.6. The predicted octanol–water partition coefficient (Wildman–Crippen LogP) is 3.39. The first-order valence-electron chi connectivity index (χ1n) is 4.79. The summed E-state index contributed by atoms with van der Waals surface area (Å²) < 4.78 is 7.83. The van der Waals surface area contributed by atoms with Gasteiger partial charge in [-0.15, -0.1) is 0 Å². The van der Waals surface area contributed by atoms with E-state index in [1.54, 1.807) is 7.11 Å². The van der Waals surface area contributed by atoms with Crippen molar-refractivity contribution in [3.8, 4) is 5.75 Å². The van der Waals surface area contributed by atoms with Crippen molar-refractivity contribution in [1.82, 2.24) is 5.32 Å². The van der Waals surface area contributed by atoms with Gasteiger partial charge in [-0.2, -0.15) is 0 Å². The number of rotatable bonds is 2. The number of carbonyl (C=O) groups excluding carboxylic acids is 1. The van der Waals surface area contributed by atoms with E-state index in [4.69, 9.17) is 17.0 Å². The van der Waals surface area contributed by atoms with Crippen molar-refractivity contribution in [2.45, 2.75) is 0 Å². The standard InChI is InChI=1S/C11H7I2NO2S2/c1-16-9-6(12)2-5(3-7(9)13)4-8-10(15)14-11(17)18-8/h2-4H,1H3,(H,14,15,17)/b8-4+. The van der Waals surface area contributed by atoms with Crippen LogP contribution in [-0.2, 0) is 4.79 Å². The lowest BCUT2D eigenvalue weighted by atomic mass is 10.2. The van der Waals surface area contributed by atoms with Crippen LogP contribution >= 0.6 is 69.2 Å². The Bertz CT molecular complexity index is 549. The minimum atomic E-state index is -0.133. The van der Waals surface area contributed by atoms with Crippen molar-refractivity contribution in [2.24, 2.45) is 0 Å². The molecule has 0 bridgehead atoms. The second-order valence-corrected chi connectivity index (χ2v) is 7.41. The van der Waals surface area contributed by atoms with Crippen LogP contribution in [0.5, 0.6) is 5.75 Å². The van der Waals surface area contributed by atoms with Crippen LogP contribution in [0.3, 0.4) is 0 Å². The smallest absolute Gasteiger partial charge is 0.263 e. The Kier molecular flexibility index (Phi) is 4.89. The molecule has 1 saturated heterocycles. The predicted molar refractivity (Wildman–Crippen MR) is 94.7 cm³/mol. The highest BCUT2D eigenvalue weighted by Crippen LogP contribution is 2.31. The van der Waals surface area contributed by atoms with Crippen molar-refractivity contribution in [2.75, 3.05) is 7.11 Å². The van der Waals surface area contributed by atoms with Gasteiger partial charge in [0.25, 0.3) is 5.91 Å². The van der Waals surface area contributed by atoms with Gasteiger partial charge in [-0.3, -0.25) is 4.79 Å². The summed E-state index contributed by atoms with van der Waals surface area (Å²) in [6.45, 7) is 0. The fourth-order valence-electron chi connectivity index (χ4n) is 1.43. The van der Waals surface area contributed by atoms with E-state index in [2.05, 4.69) is 50.5 Å². The second-order valence-electron chi connectivity index (χ2n) is 3.37. The number of hydrogen-bond donors (Lipinski definition) is 1. The zero-order valence-electron chi connectivity index (χ0n) is 9.12. The molecule has 0 atom stereocenters. The molecule has 1 aromatic rings. The average Bonchev–Trinajstić information content (AvgIpc) is 2.57. The Morgan fingerprint density at radius 1 is 1.39 bits per heavy atom. The average molecular weight is 503 g/mol. The third-order valence-corrected chi connectivity index (χ3v) is 4.93. The van der Waals surface area contributed by atoms with Crippen LogP contribution < -0.4 is 10.1 Å². The summed E-state index contributed by atoms with van der Waals surface area (Å²) in [6.07, 6.45) is 1.84. The highest BCUT2D eigenvalue weighted by molar-refractivity contribution is 14.1. The summed E-state index contributed by atoms with van der Waals surface area (Å²) in [5, 5.41) is 2.60. The monoisotopic (exact) mass is 503 g/mol. The number of hydrogen-bond acceptors (Lipinski definition) is 4. The van der Waals surface area contributed by atoms with Crippen LogP contribution in [0.15, 0.2) is 17.0 Å². The molecule has 0 aliphatic carbocycles. The van der Waals surface area contributed by atoms with Gasteiger partial charge in [-0.05, 0) is 69.0 Å². The van der Waals surface area contributed by atoms with E-state index in [0.717, 1.165) is 18.5 Å². The number of amides is 1. The Morgan fingerprint density at radius 2 is 2.00 bits per heavy atom. The summed E-state index contributed by atoms with van der Waals surface area (Å²) in [7, 11) is 1.65. The summed E-state index contributed by atoms with van der Waals surface area (Å²) in [6, 6.07) is 3.95. The van der Waals surface area contributed by atoms with Crippen LogP contribution in [-0.4, -0.2) is 17.3 Å². The minimum Gasteiger partial charge on any atom is -0.495 e. The van der Waals surface area contributed by atoms with Gasteiger partial charge in [0.15, 0.2) is 0 Å². The van der Waals surface area contributed by atoms with Crippen LogP contribution in [0.1, 0.15) is 5.56 Å². The van der Waals surface area contributed by atoms with Crippen molar-refractivity contribution < 1.29 is 9.53 Å². The molecule has 1 aliphatic heterocycles. The molecular weight excluding hydrogens is 496 g/mol. The van der Waals surface area contributed by atoms with E-state index in [0.29, 0.717) is 9.23 Å². The van der Waals surface area contributed by atoms with Gasteiger partial charge < -0.3 is 10.1 Å². The van der Waals surface area contributed by atoms with Crippen molar-refractivity contribution >= 4 is 85.5 Å². The molecule has 2 rings (SSSR count). The molecule has 18 heavy (non-hydrogen) atoms. The van der Waals surface area contributed by atoms with E-state index in [-0.39, 0.29) is 5.91 Å². The molecule has 3 nitrogen and oxygen atoms in total.